The Kier molecular flexibility index (Phi) is 5.84. The smallest absolute Gasteiger partial charge is 0.339 e. The number of nitrogens with zero attached hydrogens (tertiary/aromatic N) is 1. The third kappa shape index (κ3) is 3.71. The van der Waals surface area contributed by atoms with Gasteiger partial charge in [-0.15, -0.1) is 0 Å². The minimum absolute atomic E-state index is 0.00955. The molecular weight excluding hydrogens is 358 g/mol. The van der Waals surface area contributed by atoms with Gasteiger partial charge in [0.15, 0.2) is 0 Å². The largest absolute Gasteiger partial charge is 0.469 e. The number of piperidine rings is 1. The highest BCUT2D eigenvalue weighted by atomic mass is 35.5. The van der Waals surface area contributed by atoms with E-state index < -0.39 is 16.0 Å². The van der Waals surface area contributed by atoms with Crippen LogP contribution in [0, 0.1) is 5.92 Å². The summed E-state index contributed by atoms with van der Waals surface area (Å²) >= 11 is 5.91. The Morgan fingerprint density at radius 3 is 2.33 bits per heavy atom. The van der Waals surface area contributed by atoms with Crippen LogP contribution in [0.25, 0.3) is 0 Å². The van der Waals surface area contributed by atoms with Crippen molar-refractivity contribution < 1.29 is 27.5 Å². The number of carbonyl (C=O) groups is 2. The summed E-state index contributed by atoms with van der Waals surface area (Å²) in [7, 11) is -1.28. The van der Waals surface area contributed by atoms with Crippen molar-refractivity contribution in [2.75, 3.05) is 27.3 Å². The summed E-state index contributed by atoms with van der Waals surface area (Å²) in [5.41, 5.74) is -0.00955. The normalized spacial score (nSPS) is 16.6. The number of hydrogen-bond donors (Lipinski definition) is 0. The predicted octanol–water partition coefficient (Wildman–Crippen LogP) is 1.70. The van der Waals surface area contributed by atoms with E-state index in [-0.39, 0.29) is 40.5 Å². The van der Waals surface area contributed by atoms with E-state index in [1.54, 1.807) is 0 Å². The van der Waals surface area contributed by atoms with Crippen LogP contribution in [-0.4, -0.2) is 52.0 Å². The molecule has 0 bridgehead atoms. The first-order valence-corrected chi connectivity index (χ1v) is 9.09. The molecule has 1 saturated heterocycles. The fraction of sp³-hybridized carbons (Fsp3) is 0.467. The van der Waals surface area contributed by atoms with Gasteiger partial charge in [0.25, 0.3) is 0 Å². The molecule has 0 unspecified atom stereocenters. The molecule has 9 heteroatoms. The second-order valence-corrected chi connectivity index (χ2v) is 7.68. The van der Waals surface area contributed by atoms with Crippen molar-refractivity contribution in [2.24, 2.45) is 5.92 Å². The molecule has 0 aromatic heterocycles. The maximum Gasteiger partial charge on any atom is 0.339 e. The van der Waals surface area contributed by atoms with E-state index in [1.165, 1.54) is 36.7 Å². The zero-order valence-corrected chi connectivity index (χ0v) is 14.9. The summed E-state index contributed by atoms with van der Waals surface area (Å²) in [5, 5.41) is 0.116. The summed E-state index contributed by atoms with van der Waals surface area (Å²) < 4.78 is 36.0. The Morgan fingerprint density at radius 2 is 1.79 bits per heavy atom. The van der Waals surface area contributed by atoms with Crippen molar-refractivity contribution in [1.29, 1.82) is 0 Å². The van der Waals surface area contributed by atoms with E-state index in [2.05, 4.69) is 9.47 Å². The Bertz CT molecular complexity index is 740. The maximum atomic E-state index is 12.7. The van der Waals surface area contributed by atoms with Gasteiger partial charge < -0.3 is 9.47 Å². The molecule has 1 fully saturated rings. The molecule has 1 heterocycles. The van der Waals surface area contributed by atoms with Crippen LogP contribution in [0.15, 0.2) is 23.1 Å². The molecule has 0 saturated carbocycles. The fourth-order valence-electron chi connectivity index (χ4n) is 2.58. The lowest BCUT2D eigenvalue weighted by atomic mass is 9.99. The lowest BCUT2D eigenvalue weighted by Gasteiger charge is -2.29. The molecule has 132 valence electrons. The average Bonchev–Trinajstić information content (AvgIpc) is 2.60. The quantitative estimate of drug-likeness (QED) is 0.744. The molecule has 24 heavy (non-hydrogen) atoms. The van der Waals surface area contributed by atoms with Gasteiger partial charge in [-0.05, 0) is 31.0 Å². The van der Waals surface area contributed by atoms with Gasteiger partial charge >= 0.3 is 11.9 Å². The Morgan fingerprint density at radius 1 is 1.17 bits per heavy atom. The fourth-order valence-corrected chi connectivity index (χ4v) is 4.27. The van der Waals surface area contributed by atoms with Gasteiger partial charge in [-0.25, -0.2) is 13.2 Å². The molecule has 7 nitrogen and oxygen atoms in total. The number of sulfonamides is 1. The number of benzene rings is 1. The highest BCUT2D eigenvalue weighted by Gasteiger charge is 2.33. The summed E-state index contributed by atoms with van der Waals surface area (Å²) in [4.78, 5) is 23.2. The molecule has 0 spiro atoms. The molecule has 0 N–H and O–H groups in total. The van der Waals surface area contributed by atoms with E-state index in [0.717, 1.165) is 0 Å². The Balaban J connectivity index is 2.23. The molecule has 0 atom stereocenters. The number of ether oxygens (including phenoxy) is 2. The summed E-state index contributed by atoms with van der Waals surface area (Å²) in [5.74, 6) is -1.33. The van der Waals surface area contributed by atoms with Gasteiger partial charge in [-0.2, -0.15) is 4.31 Å². The maximum absolute atomic E-state index is 12.7. The van der Waals surface area contributed by atoms with Crippen molar-refractivity contribution in [3.63, 3.8) is 0 Å². The molecule has 0 amide bonds. The second kappa shape index (κ2) is 7.50. The average molecular weight is 376 g/mol. The number of rotatable bonds is 4. The molecule has 1 aromatic rings. The lowest BCUT2D eigenvalue weighted by Crippen LogP contribution is -2.40. The van der Waals surface area contributed by atoms with Gasteiger partial charge in [0.1, 0.15) is 0 Å². The molecule has 1 aliphatic rings. The van der Waals surface area contributed by atoms with Gasteiger partial charge in [-0.1, -0.05) is 11.6 Å². The highest BCUT2D eigenvalue weighted by Crippen LogP contribution is 2.27. The van der Waals surface area contributed by atoms with Crippen LogP contribution in [0.2, 0.25) is 5.02 Å². The molecule has 1 aliphatic heterocycles. The van der Waals surface area contributed by atoms with Crippen LogP contribution in [0.5, 0.6) is 0 Å². The number of hydrogen-bond acceptors (Lipinski definition) is 6. The van der Waals surface area contributed by atoms with Gasteiger partial charge in [0.05, 0.1) is 35.6 Å². The van der Waals surface area contributed by atoms with E-state index in [9.17, 15) is 18.0 Å². The molecular formula is C15H18ClNO6S. The van der Waals surface area contributed by atoms with Crippen molar-refractivity contribution in [1.82, 2.24) is 4.31 Å². The standard InChI is InChI=1S/C15H18ClNO6S/c1-22-14(18)10-5-7-17(8-6-10)24(20,21)11-3-4-13(16)12(9-11)15(19)23-2/h3-4,9-10H,5-8H2,1-2H3. The Hall–Kier alpha value is -1.64. The van der Waals surface area contributed by atoms with Crippen molar-refractivity contribution >= 4 is 33.6 Å². The van der Waals surface area contributed by atoms with Gasteiger partial charge in [0.2, 0.25) is 10.0 Å². The van der Waals surface area contributed by atoms with Crippen LogP contribution in [0.4, 0.5) is 0 Å². The first-order chi connectivity index (χ1) is 11.3. The van der Waals surface area contributed by atoms with Crippen molar-refractivity contribution in [3.8, 4) is 0 Å². The third-order valence-electron chi connectivity index (χ3n) is 3.97. The number of methoxy groups -OCH3 is 2. The van der Waals surface area contributed by atoms with Crippen LogP contribution in [0.1, 0.15) is 23.2 Å². The first kappa shape index (κ1) is 18.7. The molecule has 1 aromatic carbocycles. The van der Waals surface area contributed by atoms with E-state index >= 15 is 0 Å². The van der Waals surface area contributed by atoms with E-state index in [1.807, 2.05) is 0 Å². The minimum atomic E-state index is -3.78. The predicted molar refractivity (Wildman–Crippen MR) is 86.3 cm³/mol. The van der Waals surface area contributed by atoms with Gasteiger partial charge in [-0.3, -0.25) is 4.79 Å². The Labute approximate surface area is 145 Å². The first-order valence-electron chi connectivity index (χ1n) is 7.27. The van der Waals surface area contributed by atoms with Crippen LogP contribution >= 0.6 is 11.6 Å². The zero-order chi connectivity index (χ0) is 17.9. The van der Waals surface area contributed by atoms with E-state index in [4.69, 9.17) is 11.6 Å². The van der Waals surface area contributed by atoms with Crippen LogP contribution in [-0.2, 0) is 24.3 Å². The summed E-state index contributed by atoms with van der Waals surface area (Å²) in [6, 6.07) is 3.90. The topological polar surface area (TPSA) is 90.0 Å². The number of halogens is 1. The van der Waals surface area contributed by atoms with Crippen LogP contribution in [0.3, 0.4) is 0 Å². The van der Waals surface area contributed by atoms with Crippen LogP contribution < -0.4 is 0 Å². The third-order valence-corrected chi connectivity index (χ3v) is 6.19. The molecule has 0 aliphatic carbocycles. The summed E-state index contributed by atoms with van der Waals surface area (Å²) in [6.45, 7) is 0.413. The monoisotopic (exact) mass is 375 g/mol. The lowest BCUT2D eigenvalue weighted by molar-refractivity contribution is -0.146. The molecule has 2 rings (SSSR count). The van der Waals surface area contributed by atoms with Gasteiger partial charge in [0, 0.05) is 13.1 Å². The molecule has 0 radical (unpaired) electrons. The SMILES string of the molecule is COC(=O)c1cc(S(=O)(=O)N2CCC(C(=O)OC)CC2)ccc1Cl. The van der Waals surface area contributed by atoms with E-state index in [0.29, 0.717) is 12.8 Å². The highest BCUT2D eigenvalue weighted by molar-refractivity contribution is 7.89. The number of carbonyl (C=O) groups excluding carboxylic acids is 2. The van der Waals surface area contributed by atoms with Crippen molar-refractivity contribution in [3.05, 3.63) is 28.8 Å². The van der Waals surface area contributed by atoms with Crippen molar-refractivity contribution in [2.45, 2.75) is 17.7 Å². The minimum Gasteiger partial charge on any atom is -0.469 e. The second-order valence-electron chi connectivity index (χ2n) is 5.33. The summed E-state index contributed by atoms with van der Waals surface area (Å²) in [6.07, 6.45) is 0.784. The number of esters is 2. The zero-order valence-electron chi connectivity index (χ0n) is 13.3.